The fourth-order valence-corrected chi connectivity index (χ4v) is 23.6. The second kappa shape index (κ2) is 58.5. The highest BCUT2D eigenvalue weighted by molar-refractivity contribution is 4.97. The van der Waals surface area contributed by atoms with Gasteiger partial charge in [-0.15, -0.1) is 0 Å². The van der Waals surface area contributed by atoms with Crippen LogP contribution in [0.25, 0.3) is 0 Å². The Balaban J connectivity index is 0.000000396. The lowest BCUT2D eigenvalue weighted by Crippen LogP contribution is -2.49. The largest absolute Gasteiger partial charge is 0.396 e. The minimum Gasteiger partial charge on any atom is -0.396 e. The van der Waals surface area contributed by atoms with E-state index in [1.165, 1.54) is 25.7 Å². The standard InChI is InChI=1S/2C26H50O4.2C16H32O3.2C11H22O2/c2*1-11-21-12-24(28-10)25(20(8)18(21)6)30-26(15(2)3)29-14-22-13-23(27-9)19(7)16(4)17(22)5;2*1-8-13-9-14(17-6)15(12(5)11(13)4)19-16(18-7)10(2)3;2*1-7-8(2)10(6-12)5-11(13-4)9(7)3/h2*15-26H,11-14H2,1-10H3;2*10-16H,8-9H2,1-7H3;2*7-12H,5-6H2,1-4H3. The number of ether oxygens (including phenoxy) is 16. The molecule has 8 aliphatic carbocycles. The molecule has 44 unspecified atom stereocenters. The van der Waals surface area contributed by atoms with Crippen LogP contribution in [-0.2, 0) is 75.8 Å². The average Bonchev–Trinajstić information content (AvgIpc) is 0.800. The zero-order chi connectivity index (χ0) is 94.3. The van der Waals surface area contributed by atoms with Crippen LogP contribution in [0.3, 0.4) is 0 Å². The van der Waals surface area contributed by atoms with E-state index in [1.54, 1.807) is 42.7 Å². The Labute approximate surface area is 765 Å². The van der Waals surface area contributed by atoms with E-state index < -0.39 is 0 Å². The minimum atomic E-state index is -0.191. The van der Waals surface area contributed by atoms with Crippen molar-refractivity contribution in [3.8, 4) is 0 Å². The van der Waals surface area contributed by atoms with E-state index in [1.807, 2.05) is 28.4 Å². The van der Waals surface area contributed by atoms with Gasteiger partial charge in [0, 0.05) is 108 Å². The molecule has 0 aromatic rings. The van der Waals surface area contributed by atoms with Crippen LogP contribution in [0.5, 0.6) is 0 Å². The Hall–Kier alpha value is -0.720. The Bertz CT molecular complexity index is 2460. The van der Waals surface area contributed by atoms with Gasteiger partial charge in [0.2, 0.25) is 0 Å². The fraction of sp³-hybridized carbons (Fsp3) is 1.00. The molecule has 0 aromatic heterocycles. The number of rotatable bonds is 34. The van der Waals surface area contributed by atoms with Crippen LogP contribution in [-0.4, -0.2) is 206 Å². The molecular weight excluding hydrogens is 1560 g/mol. The first-order valence-electron chi connectivity index (χ1n) is 50.8. The predicted octanol–water partition coefficient (Wildman–Crippen LogP) is 23.3. The van der Waals surface area contributed by atoms with E-state index in [2.05, 4.69) is 222 Å². The van der Waals surface area contributed by atoms with Crippen LogP contribution < -0.4 is 0 Å². The Morgan fingerprint density at radius 1 is 0.210 bits per heavy atom. The minimum absolute atomic E-state index is 0.0923. The molecule has 8 rings (SSSR count). The fourth-order valence-electron chi connectivity index (χ4n) is 23.6. The van der Waals surface area contributed by atoms with Gasteiger partial charge in [0.25, 0.3) is 0 Å². The first kappa shape index (κ1) is 117. The molecule has 18 nitrogen and oxygen atoms in total. The number of hydrogen-bond donors (Lipinski definition) is 2. The predicted molar refractivity (Wildman–Crippen MR) is 510 cm³/mol. The van der Waals surface area contributed by atoms with Crippen molar-refractivity contribution in [2.24, 2.45) is 189 Å². The van der Waals surface area contributed by atoms with Gasteiger partial charge in [-0.3, -0.25) is 0 Å². The number of hydrogen-bond acceptors (Lipinski definition) is 18. The molecule has 124 heavy (non-hydrogen) atoms. The maximum Gasteiger partial charge on any atom is 0.160 e. The number of aliphatic hydroxyl groups excluding tert-OH is 2. The second-order valence-electron chi connectivity index (χ2n) is 43.3. The van der Waals surface area contributed by atoms with Crippen molar-refractivity contribution in [2.45, 2.75) is 397 Å². The molecule has 0 amide bonds. The monoisotopic (exact) mass is 1770 g/mol. The SMILES string of the molecule is CCC1CC(OC)C(OC(OC)C(C)C)C(C)C1C.CCC1CC(OC)C(OC(OC)C(C)C)C(C)C1C.CCC1CC(OC)C(OC(OCC2CC(OC)C(C)C(C)C2C)C(C)C)C(C)C1C.CCC1CC(OC)C(OC(OCC2CC(OC)C(C)C(C)C2C)C(C)C)C(C)C1C.COC1CC(CO)C(C)C(C)C1C.COC1CC(CO)C(C)C(C)C1C. The molecule has 740 valence electrons. The van der Waals surface area contributed by atoms with Crippen molar-refractivity contribution in [3.63, 3.8) is 0 Å². The molecule has 0 aromatic carbocycles. The van der Waals surface area contributed by atoms with E-state index in [0.29, 0.717) is 215 Å². The van der Waals surface area contributed by atoms with Gasteiger partial charge in [-0.2, -0.15) is 0 Å². The topological polar surface area (TPSA) is 188 Å². The third-order valence-electron chi connectivity index (χ3n) is 35.8. The summed E-state index contributed by atoms with van der Waals surface area (Å²) in [6.07, 6.45) is 15.2. The van der Waals surface area contributed by atoms with E-state index in [-0.39, 0.29) is 74.0 Å². The molecule has 0 bridgehead atoms. The van der Waals surface area contributed by atoms with Gasteiger partial charge in [-0.25, -0.2) is 0 Å². The van der Waals surface area contributed by atoms with Crippen molar-refractivity contribution in [2.75, 3.05) is 97.5 Å². The summed E-state index contributed by atoms with van der Waals surface area (Å²) in [5, 5.41) is 18.4. The maximum atomic E-state index is 9.22. The molecule has 8 fully saturated rings. The summed E-state index contributed by atoms with van der Waals surface area (Å²) in [6.45, 7) is 74.9. The summed E-state index contributed by atoms with van der Waals surface area (Å²) < 4.78 is 95.4. The smallest absolute Gasteiger partial charge is 0.160 e. The first-order valence-corrected chi connectivity index (χ1v) is 50.8. The van der Waals surface area contributed by atoms with Gasteiger partial charge in [-0.05, 0) is 217 Å². The molecule has 2 N–H and O–H groups in total. The van der Waals surface area contributed by atoms with Crippen molar-refractivity contribution in [1.29, 1.82) is 0 Å². The normalized spacial score (nSPS) is 42.4. The molecule has 8 saturated carbocycles. The molecule has 0 saturated heterocycles. The Morgan fingerprint density at radius 2 is 0.379 bits per heavy atom. The first-order chi connectivity index (χ1) is 58.4. The zero-order valence-corrected chi connectivity index (χ0v) is 88.5. The van der Waals surface area contributed by atoms with Gasteiger partial charge in [-0.1, -0.05) is 247 Å². The lowest BCUT2D eigenvalue weighted by atomic mass is 9.67. The van der Waals surface area contributed by atoms with E-state index >= 15 is 0 Å². The van der Waals surface area contributed by atoms with Crippen LogP contribution in [0.1, 0.15) is 299 Å². The Kier molecular flexibility index (Phi) is 55.4. The number of aliphatic hydroxyl groups is 2. The second-order valence-corrected chi connectivity index (χ2v) is 43.3. The van der Waals surface area contributed by atoms with Crippen LogP contribution >= 0.6 is 0 Å². The third-order valence-corrected chi connectivity index (χ3v) is 35.8. The van der Waals surface area contributed by atoms with Gasteiger partial charge in [0.1, 0.15) is 0 Å². The maximum absolute atomic E-state index is 9.22. The van der Waals surface area contributed by atoms with Crippen molar-refractivity contribution in [3.05, 3.63) is 0 Å². The zero-order valence-electron chi connectivity index (χ0n) is 88.5. The summed E-state index contributed by atoms with van der Waals surface area (Å²) in [5.41, 5.74) is 0. The summed E-state index contributed by atoms with van der Waals surface area (Å²) in [6, 6.07) is 0. The highest BCUT2D eigenvalue weighted by Crippen LogP contribution is 2.48. The highest BCUT2D eigenvalue weighted by atomic mass is 16.7. The summed E-state index contributed by atoms with van der Waals surface area (Å²) in [4.78, 5) is 0. The molecule has 0 aliphatic heterocycles. The molecule has 18 heteroatoms. The van der Waals surface area contributed by atoms with Gasteiger partial charge < -0.3 is 86.0 Å². The molecular formula is C106H208O18. The summed E-state index contributed by atoms with van der Waals surface area (Å²) in [5.74, 6) is 18.1. The van der Waals surface area contributed by atoms with E-state index in [9.17, 15) is 10.2 Å². The highest BCUT2D eigenvalue weighted by Gasteiger charge is 2.49. The van der Waals surface area contributed by atoms with Crippen molar-refractivity contribution < 1.29 is 86.0 Å². The molecule has 8 aliphatic rings. The van der Waals surface area contributed by atoms with E-state index in [4.69, 9.17) is 75.8 Å². The van der Waals surface area contributed by atoms with Crippen LogP contribution in [0.2, 0.25) is 0 Å². The van der Waals surface area contributed by atoms with Gasteiger partial charge in [0.05, 0.1) is 86.5 Å². The third kappa shape index (κ3) is 32.2. The lowest BCUT2D eigenvalue weighted by Gasteiger charge is -2.46. The molecule has 0 radical (unpaired) electrons. The van der Waals surface area contributed by atoms with Gasteiger partial charge in [0.15, 0.2) is 25.2 Å². The van der Waals surface area contributed by atoms with Gasteiger partial charge >= 0.3 is 0 Å². The molecule has 0 spiro atoms. The molecule has 0 heterocycles. The van der Waals surface area contributed by atoms with Crippen LogP contribution in [0.4, 0.5) is 0 Å². The van der Waals surface area contributed by atoms with Crippen molar-refractivity contribution >= 4 is 0 Å². The lowest BCUT2D eigenvalue weighted by molar-refractivity contribution is -0.247. The van der Waals surface area contributed by atoms with Crippen LogP contribution in [0.15, 0.2) is 0 Å². The van der Waals surface area contributed by atoms with E-state index in [0.717, 1.165) is 76.4 Å². The summed E-state index contributed by atoms with van der Waals surface area (Å²) in [7, 11) is 18.0. The summed E-state index contributed by atoms with van der Waals surface area (Å²) >= 11 is 0. The quantitative estimate of drug-likeness (QED) is 0.0578. The average molecular weight is 1770 g/mol. The van der Waals surface area contributed by atoms with Crippen LogP contribution in [0, 0.1) is 189 Å². The Morgan fingerprint density at radius 3 is 0.548 bits per heavy atom. The van der Waals surface area contributed by atoms with Crippen molar-refractivity contribution in [1.82, 2.24) is 0 Å². The molecule has 44 atom stereocenters. The number of methoxy groups -OCH3 is 10.